The van der Waals surface area contributed by atoms with Crippen molar-refractivity contribution < 1.29 is 19.6 Å². The fourth-order valence-electron chi connectivity index (χ4n) is 1.61. The Balaban J connectivity index is 3.33. The lowest BCUT2D eigenvalue weighted by molar-refractivity contribution is -0.385. The van der Waals surface area contributed by atoms with E-state index >= 15 is 0 Å². The van der Waals surface area contributed by atoms with Crippen LogP contribution in [0.2, 0.25) is 0 Å². The predicted octanol–water partition coefficient (Wildman–Crippen LogP) is 1.13. The lowest BCUT2D eigenvalue weighted by atomic mass is 10.2. The van der Waals surface area contributed by atoms with Crippen LogP contribution in [0.3, 0.4) is 0 Å². The number of nitro groups is 1. The van der Waals surface area contributed by atoms with Gasteiger partial charge < -0.3 is 14.7 Å². The Morgan fingerprint density at radius 2 is 2.32 bits per heavy atom. The molecule has 0 atom stereocenters. The average molecular weight is 264 g/mol. The minimum absolute atomic E-state index is 0.0508. The molecule has 100 valence electrons. The first-order valence-electron chi connectivity index (χ1n) is 5.22. The van der Waals surface area contributed by atoms with Gasteiger partial charge in [0.25, 0.3) is 0 Å². The largest absolute Gasteiger partial charge is 0.490 e. The van der Waals surface area contributed by atoms with Crippen molar-refractivity contribution in [3.8, 4) is 18.1 Å². The Kier molecular flexibility index (Phi) is 4.71. The van der Waals surface area contributed by atoms with Crippen LogP contribution >= 0.6 is 0 Å². The lowest BCUT2D eigenvalue weighted by Gasteiger charge is -2.20. The number of aliphatic carboxylic acids is 1. The van der Waals surface area contributed by atoms with Crippen LogP contribution in [0.4, 0.5) is 11.4 Å². The minimum atomic E-state index is -1.13. The number of hydrogen-bond donors (Lipinski definition) is 1. The third-order valence-corrected chi connectivity index (χ3v) is 2.33. The maximum Gasteiger partial charge on any atom is 0.333 e. The quantitative estimate of drug-likeness (QED) is 0.470. The van der Waals surface area contributed by atoms with Crippen molar-refractivity contribution in [1.82, 2.24) is 0 Å². The monoisotopic (exact) mass is 264 g/mol. The summed E-state index contributed by atoms with van der Waals surface area (Å²) < 4.78 is 4.91. The second kappa shape index (κ2) is 6.26. The van der Waals surface area contributed by atoms with Crippen LogP contribution in [0.25, 0.3) is 0 Å². The molecular formula is C12H12N2O5. The number of nitrogens with zero attached hydrogens (tertiary/aromatic N) is 2. The van der Waals surface area contributed by atoms with Gasteiger partial charge in [0.2, 0.25) is 0 Å². The van der Waals surface area contributed by atoms with Gasteiger partial charge in [0.15, 0.2) is 5.75 Å². The third-order valence-electron chi connectivity index (χ3n) is 2.33. The standard InChI is InChI=1S/C12H12N2O5/c1-3-7-13(8-11(15)16)9-5-4-6-10(19-2)12(9)14(17)18/h1,4-6H,7-8H2,2H3,(H,15,16). The van der Waals surface area contributed by atoms with E-state index in [1.807, 2.05) is 0 Å². The van der Waals surface area contributed by atoms with E-state index in [2.05, 4.69) is 5.92 Å². The first-order chi connectivity index (χ1) is 9.01. The molecule has 1 rings (SSSR count). The van der Waals surface area contributed by atoms with Crippen LogP contribution in [-0.2, 0) is 4.79 Å². The number of terminal acetylenes is 1. The predicted molar refractivity (Wildman–Crippen MR) is 68.3 cm³/mol. The molecule has 0 aliphatic carbocycles. The highest BCUT2D eigenvalue weighted by molar-refractivity contribution is 5.78. The van der Waals surface area contributed by atoms with Crippen molar-refractivity contribution in [3.05, 3.63) is 28.3 Å². The lowest BCUT2D eigenvalue weighted by Crippen LogP contribution is -2.30. The zero-order valence-electron chi connectivity index (χ0n) is 10.2. The summed E-state index contributed by atoms with van der Waals surface area (Å²) in [5, 5.41) is 19.9. The molecule has 0 saturated carbocycles. The van der Waals surface area contributed by atoms with E-state index in [1.54, 1.807) is 0 Å². The first-order valence-corrected chi connectivity index (χ1v) is 5.22. The highest BCUT2D eigenvalue weighted by atomic mass is 16.6. The summed E-state index contributed by atoms with van der Waals surface area (Å²) in [6, 6.07) is 4.39. The van der Waals surface area contributed by atoms with Crippen LogP contribution in [-0.4, -0.2) is 36.2 Å². The number of carboxylic acid groups (broad SMARTS) is 1. The first kappa shape index (κ1) is 14.3. The summed E-state index contributed by atoms with van der Waals surface area (Å²) >= 11 is 0. The maximum absolute atomic E-state index is 11.1. The van der Waals surface area contributed by atoms with Crippen molar-refractivity contribution in [2.45, 2.75) is 0 Å². The molecule has 0 unspecified atom stereocenters. The molecule has 1 aromatic rings. The summed E-state index contributed by atoms with van der Waals surface area (Å²) in [7, 11) is 1.30. The van der Waals surface area contributed by atoms with Gasteiger partial charge in [0.1, 0.15) is 12.2 Å². The van der Waals surface area contributed by atoms with Crippen LogP contribution in [0.15, 0.2) is 18.2 Å². The SMILES string of the molecule is C#CCN(CC(=O)O)c1cccc(OC)c1[N+](=O)[O-]. The number of carbonyl (C=O) groups is 1. The summed E-state index contributed by atoms with van der Waals surface area (Å²) in [6.45, 7) is -0.488. The molecule has 0 aromatic heterocycles. The van der Waals surface area contributed by atoms with Crippen LogP contribution in [0.5, 0.6) is 5.75 Å². The number of benzene rings is 1. The van der Waals surface area contributed by atoms with E-state index in [9.17, 15) is 14.9 Å². The van der Waals surface area contributed by atoms with E-state index in [0.29, 0.717) is 0 Å². The molecule has 0 spiro atoms. The van der Waals surface area contributed by atoms with Crippen LogP contribution in [0.1, 0.15) is 0 Å². The van der Waals surface area contributed by atoms with E-state index in [0.717, 1.165) is 0 Å². The maximum atomic E-state index is 11.1. The summed E-state index contributed by atoms with van der Waals surface area (Å²) in [4.78, 5) is 22.5. The number of rotatable bonds is 6. The van der Waals surface area contributed by atoms with Gasteiger partial charge in [-0.15, -0.1) is 6.42 Å². The molecule has 1 aromatic carbocycles. The summed E-state index contributed by atoms with van der Waals surface area (Å²) in [5.74, 6) is 1.19. The van der Waals surface area contributed by atoms with E-state index in [-0.39, 0.29) is 23.7 Å². The number of nitro benzene ring substituents is 1. The van der Waals surface area contributed by atoms with Gasteiger partial charge in [-0.25, -0.2) is 0 Å². The van der Waals surface area contributed by atoms with Gasteiger partial charge in [-0.3, -0.25) is 14.9 Å². The van der Waals surface area contributed by atoms with Crippen molar-refractivity contribution >= 4 is 17.3 Å². The molecule has 0 fully saturated rings. The Hall–Kier alpha value is -2.75. The fourth-order valence-corrected chi connectivity index (χ4v) is 1.61. The number of methoxy groups -OCH3 is 1. The topological polar surface area (TPSA) is 92.9 Å². The number of para-hydroxylation sites is 1. The number of anilines is 1. The molecule has 0 heterocycles. The van der Waals surface area contributed by atoms with E-state index in [1.165, 1.54) is 30.2 Å². The molecule has 7 heteroatoms. The molecule has 0 bridgehead atoms. The van der Waals surface area contributed by atoms with Crippen LogP contribution in [0, 0.1) is 22.5 Å². The third kappa shape index (κ3) is 3.35. The molecule has 0 radical (unpaired) electrons. The van der Waals surface area contributed by atoms with Crippen molar-refractivity contribution in [3.63, 3.8) is 0 Å². The van der Waals surface area contributed by atoms with Crippen molar-refractivity contribution in [1.29, 1.82) is 0 Å². The van der Waals surface area contributed by atoms with E-state index < -0.39 is 17.4 Å². The molecule has 0 amide bonds. The van der Waals surface area contributed by atoms with Gasteiger partial charge in [0, 0.05) is 0 Å². The van der Waals surface area contributed by atoms with Gasteiger partial charge in [-0.2, -0.15) is 0 Å². The summed E-state index contributed by atoms with van der Waals surface area (Å²) in [5.41, 5.74) is -0.189. The normalized spacial score (nSPS) is 9.47. The van der Waals surface area contributed by atoms with Gasteiger partial charge in [0.05, 0.1) is 18.6 Å². The molecule has 7 nitrogen and oxygen atoms in total. The second-order valence-electron chi connectivity index (χ2n) is 3.54. The van der Waals surface area contributed by atoms with E-state index in [4.69, 9.17) is 16.3 Å². The number of carboxylic acids is 1. The molecular weight excluding hydrogens is 252 g/mol. The second-order valence-corrected chi connectivity index (χ2v) is 3.54. The van der Waals surface area contributed by atoms with Crippen molar-refractivity contribution in [2.24, 2.45) is 0 Å². The molecule has 0 aliphatic heterocycles. The average Bonchev–Trinajstić information content (AvgIpc) is 2.36. The van der Waals surface area contributed by atoms with Gasteiger partial charge in [-0.1, -0.05) is 12.0 Å². The zero-order chi connectivity index (χ0) is 14.4. The minimum Gasteiger partial charge on any atom is -0.490 e. The number of ether oxygens (including phenoxy) is 1. The Morgan fingerprint density at radius 1 is 1.63 bits per heavy atom. The van der Waals surface area contributed by atoms with Gasteiger partial charge >= 0.3 is 11.7 Å². The zero-order valence-corrected chi connectivity index (χ0v) is 10.2. The van der Waals surface area contributed by atoms with Crippen LogP contribution < -0.4 is 9.64 Å². The Morgan fingerprint density at radius 3 is 2.79 bits per heavy atom. The fraction of sp³-hybridized carbons (Fsp3) is 0.250. The molecule has 1 N–H and O–H groups in total. The smallest absolute Gasteiger partial charge is 0.333 e. The number of hydrogen-bond acceptors (Lipinski definition) is 5. The van der Waals surface area contributed by atoms with Gasteiger partial charge in [-0.05, 0) is 12.1 Å². The molecule has 0 saturated heterocycles. The molecule has 0 aliphatic rings. The summed E-state index contributed by atoms with van der Waals surface area (Å²) in [6.07, 6.45) is 5.15. The molecule has 19 heavy (non-hydrogen) atoms. The highest BCUT2D eigenvalue weighted by Crippen LogP contribution is 2.36. The van der Waals surface area contributed by atoms with Crippen molar-refractivity contribution in [2.75, 3.05) is 25.1 Å². The highest BCUT2D eigenvalue weighted by Gasteiger charge is 2.25. The Labute approximate surface area is 109 Å². The Bertz CT molecular complexity index is 535.